The van der Waals surface area contributed by atoms with Crippen molar-refractivity contribution in [3.63, 3.8) is 0 Å². The van der Waals surface area contributed by atoms with E-state index in [0.29, 0.717) is 0 Å². The summed E-state index contributed by atoms with van der Waals surface area (Å²) in [6, 6.07) is 8.27. The average molecular weight is 302 g/mol. The van der Waals surface area contributed by atoms with Crippen LogP contribution >= 0.6 is 22.6 Å². The van der Waals surface area contributed by atoms with E-state index in [4.69, 9.17) is 0 Å². The Hall–Kier alpha value is -0.910. The Morgan fingerprint density at radius 2 is 1.93 bits per heavy atom. The van der Waals surface area contributed by atoms with Crippen LogP contribution in [-0.2, 0) is 0 Å². The summed E-state index contributed by atoms with van der Waals surface area (Å²) < 4.78 is 15.4. The van der Waals surface area contributed by atoms with Gasteiger partial charge in [0.25, 0.3) is 0 Å². The quantitative estimate of drug-likeness (QED) is 0.741. The smallest absolute Gasteiger partial charge is 0.124 e. The molecule has 0 radical (unpaired) electrons. The summed E-state index contributed by atoms with van der Waals surface area (Å²) in [6.45, 7) is 1.97. The molecule has 0 N–H and O–H groups in total. The summed E-state index contributed by atoms with van der Waals surface area (Å²) in [4.78, 5) is 0. The lowest BCUT2D eigenvalue weighted by atomic mass is 10.3. The van der Waals surface area contributed by atoms with Gasteiger partial charge in [-0.1, -0.05) is 0 Å². The zero-order chi connectivity index (χ0) is 10.1. The summed E-state index contributed by atoms with van der Waals surface area (Å²) in [5.41, 5.74) is 1.92. The topological polar surface area (TPSA) is 17.8 Å². The molecule has 0 saturated heterocycles. The van der Waals surface area contributed by atoms with Gasteiger partial charge in [0.2, 0.25) is 0 Å². The molecular weight excluding hydrogens is 294 g/mol. The first kappa shape index (κ1) is 9.64. The van der Waals surface area contributed by atoms with Crippen LogP contribution in [0.1, 0.15) is 5.69 Å². The molecule has 0 unspecified atom stereocenters. The van der Waals surface area contributed by atoms with E-state index in [1.54, 1.807) is 16.8 Å². The molecule has 1 aromatic heterocycles. The summed E-state index contributed by atoms with van der Waals surface area (Å²) in [5.74, 6) is -0.228. The zero-order valence-electron chi connectivity index (χ0n) is 7.54. The highest BCUT2D eigenvalue weighted by Gasteiger charge is 2.03. The molecule has 0 bridgehead atoms. The van der Waals surface area contributed by atoms with Gasteiger partial charge in [-0.25, -0.2) is 9.07 Å². The largest absolute Gasteiger partial charge is 0.237 e. The highest BCUT2D eigenvalue weighted by atomic mass is 127. The van der Waals surface area contributed by atoms with Crippen molar-refractivity contribution >= 4 is 22.6 Å². The van der Waals surface area contributed by atoms with Gasteiger partial charge in [0, 0.05) is 5.69 Å². The second kappa shape index (κ2) is 3.68. The van der Waals surface area contributed by atoms with Crippen molar-refractivity contribution in [3.8, 4) is 5.69 Å². The van der Waals surface area contributed by atoms with E-state index < -0.39 is 0 Å². The van der Waals surface area contributed by atoms with E-state index >= 15 is 0 Å². The molecule has 4 heteroatoms. The molecule has 0 atom stereocenters. The molecular formula is C10H8FIN2. The average Bonchev–Trinajstić information content (AvgIpc) is 2.47. The van der Waals surface area contributed by atoms with Crippen LogP contribution in [-0.4, -0.2) is 9.78 Å². The predicted octanol–water partition coefficient (Wildman–Crippen LogP) is 2.92. The van der Waals surface area contributed by atoms with Crippen molar-refractivity contribution in [2.45, 2.75) is 6.92 Å². The number of hydrogen-bond acceptors (Lipinski definition) is 1. The first-order chi connectivity index (χ1) is 6.66. The van der Waals surface area contributed by atoms with E-state index in [1.807, 2.05) is 13.0 Å². The van der Waals surface area contributed by atoms with Crippen LogP contribution in [0.3, 0.4) is 0 Å². The molecule has 0 aliphatic rings. The van der Waals surface area contributed by atoms with Gasteiger partial charge in [0.15, 0.2) is 0 Å². The molecule has 2 nitrogen and oxygen atoms in total. The monoisotopic (exact) mass is 302 g/mol. The van der Waals surface area contributed by atoms with E-state index in [1.165, 1.54) is 12.1 Å². The summed E-state index contributed by atoms with van der Waals surface area (Å²) >= 11 is 2.15. The van der Waals surface area contributed by atoms with Crippen LogP contribution in [0.2, 0.25) is 0 Å². The fourth-order valence-corrected chi connectivity index (χ4v) is 1.95. The number of hydrogen-bond donors (Lipinski definition) is 0. The maximum Gasteiger partial charge on any atom is 0.124 e. The third kappa shape index (κ3) is 1.79. The molecule has 1 heterocycles. The lowest BCUT2D eigenvalue weighted by Gasteiger charge is -2.02. The fourth-order valence-electron chi connectivity index (χ4n) is 1.28. The van der Waals surface area contributed by atoms with Crippen LogP contribution in [0.25, 0.3) is 5.69 Å². The normalized spacial score (nSPS) is 10.5. The molecule has 0 fully saturated rings. The maximum absolute atomic E-state index is 12.7. The third-order valence-corrected chi connectivity index (χ3v) is 2.46. The van der Waals surface area contributed by atoms with Gasteiger partial charge in [-0.3, -0.25) is 0 Å². The summed E-state index contributed by atoms with van der Waals surface area (Å²) in [5, 5.41) is 4.29. The van der Waals surface area contributed by atoms with Crippen LogP contribution in [0.4, 0.5) is 4.39 Å². The van der Waals surface area contributed by atoms with E-state index in [-0.39, 0.29) is 5.82 Å². The molecule has 0 spiro atoms. The lowest BCUT2D eigenvalue weighted by Crippen LogP contribution is -1.98. The fraction of sp³-hybridized carbons (Fsp3) is 0.100. The Morgan fingerprint density at radius 1 is 1.29 bits per heavy atom. The zero-order valence-corrected chi connectivity index (χ0v) is 9.69. The van der Waals surface area contributed by atoms with Gasteiger partial charge in [-0.05, 0) is 59.8 Å². The van der Waals surface area contributed by atoms with Crippen molar-refractivity contribution < 1.29 is 4.39 Å². The molecule has 72 valence electrons. The number of aromatic nitrogens is 2. The molecule has 1 aromatic carbocycles. The molecule has 0 amide bonds. The molecule has 0 aliphatic carbocycles. The van der Waals surface area contributed by atoms with Gasteiger partial charge in [-0.15, -0.1) is 0 Å². The van der Waals surface area contributed by atoms with Crippen molar-refractivity contribution in [2.75, 3.05) is 0 Å². The standard InChI is InChI=1S/C10H8FIN2/c1-7-6-10(12)13-14(7)9-4-2-8(11)3-5-9/h2-6H,1H3. The lowest BCUT2D eigenvalue weighted by molar-refractivity contribution is 0.627. The van der Waals surface area contributed by atoms with Crippen molar-refractivity contribution in [1.29, 1.82) is 0 Å². The summed E-state index contributed by atoms with van der Waals surface area (Å²) in [6.07, 6.45) is 0. The molecule has 2 aromatic rings. The number of halogens is 2. The van der Waals surface area contributed by atoms with E-state index in [0.717, 1.165) is 15.1 Å². The Kier molecular flexibility index (Phi) is 2.54. The molecule has 2 rings (SSSR count). The minimum absolute atomic E-state index is 0.228. The first-order valence-electron chi connectivity index (χ1n) is 4.15. The maximum atomic E-state index is 12.7. The second-order valence-corrected chi connectivity index (χ2v) is 4.10. The van der Waals surface area contributed by atoms with Gasteiger partial charge in [0.05, 0.1) is 5.69 Å². The Bertz CT molecular complexity index is 448. The van der Waals surface area contributed by atoms with Crippen LogP contribution in [0.15, 0.2) is 30.3 Å². The Morgan fingerprint density at radius 3 is 2.43 bits per heavy atom. The van der Waals surface area contributed by atoms with Gasteiger partial charge < -0.3 is 0 Å². The van der Waals surface area contributed by atoms with Crippen molar-refractivity contribution in [3.05, 3.63) is 45.5 Å². The van der Waals surface area contributed by atoms with Crippen molar-refractivity contribution in [1.82, 2.24) is 9.78 Å². The van der Waals surface area contributed by atoms with Crippen molar-refractivity contribution in [2.24, 2.45) is 0 Å². The van der Waals surface area contributed by atoms with Gasteiger partial charge >= 0.3 is 0 Å². The molecule has 0 aliphatic heterocycles. The van der Waals surface area contributed by atoms with E-state index in [9.17, 15) is 4.39 Å². The van der Waals surface area contributed by atoms with Crippen LogP contribution in [0.5, 0.6) is 0 Å². The van der Waals surface area contributed by atoms with E-state index in [2.05, 4.69) is 27.7 Å². The van der Waals surface area contributed by atoms with Crippen LogP contribution in [0, 0.1) is 16.4 Å². The number of nitrogens with zero attached hydrogens (tertiary/aromatic N) is 2. The molecule has 14 heavy (non-hydrogen) atoms. The summed E-state index contributed by atoms with van der Waals surface area (Å²) in [7, 11) is 0. The number of benzene rings is 1. The Balaban J connectivity index is 2.49. The van der Waals surface area contributed by atoms with Gasteiger partial charge in [0.1, 0.15) is 9.52 Å². The first-order valence-corrected chi connectivity index (χ1v) is 5.23. The second-order valence-electron chi connectivity index (χ2n) is 3.00. The highest BCUT2D eigenvalue weighted by Crippen LogP contribution is 2.13. The number of rotatable bonds is 1. The third-order valence-electron chi connectivity index (χ3n) is 1.93. The minimum atomic E-state index is -0.228. The SMILES string of the molecule is Cc1cc(I)nn1-c1ccc(F)cc1. The molecule has 0 saturated carbocycles. The number of aryl methyl sites for hydroxylation is 1. The highest BCUT2D eigenvalue weighted by molar-refractivity contribution is 14.1. The minimum Gasteiger partial charge on any atom is -0.237 e. The van der Waals surface area contributed by atoms with Gasteiger partial charge in [-0.2, -0.15) is 5.10 Å². The predicted molar refractivity (Wildman–Crippen MR) is 61.0 cm³/mol. The Labute approximate surface area is 94.9 Å². The van der Waals surface area contributed by atoms with Crippen LogP contribution < -0.4 is 0 Å².